The van der Waals surface area contributed by atoms with Crippen molar-refractivity contribution in [3.63, 3.8) is 0 Å². The lowest BCUT2D eigenvalue weighted by atomic mass is 10.1. The van der Waals surface area contributed by atoms with E-state index < -0.39 is 0 Å². The van der Waals surface area contributed by atoms with Crippen molar-refractivity contribution in [2.45, 2.75) is 40.7 Å². The van der Waals surface area contributed by atoms with Gasteiger partial charge in [-0.2, -0.15) is 0 Å². The first kappa shape index (κ1) is 15.0. The predicted molar refractivity (Wildman–Crippen MR) is 79.1 cm³/mol. The number of hydrogen-bond acceptors (Lipinski definition) is 3. The fourth-order valence-electron chi connectivity index (χ4n) is 1.78. The van der Waals surface area contributed by atoms with E-state index in [1.165, 1.54) is 11.3 Å². The number of aryl methyl sites for hydroxylation is 1. The van der Waals surface area contributed by atoms with Gasteiger partial charge in [0.05, 0.1) is 0 Å². The Bertz CT molecular complexity index is 361. The van der Waals surface area contributed by atoms with Crippen molar-refractivity contribution in [2.75, 3.05) is 25.0 Å². The Labute approximate surface area is 112 Å². The van der Waals surface area contributed by atoms with Crippen LogP contribution in [-0.4, -0.2) is 25.1 Å². The maximum atomic E-state index is 4.66. The number of nitrogens with one attached hydrogen (secondary N) is 1. The molecule has 1 heterocycles. The van der Waals surface area contributed by atoms with Crippen LogP contribution in [0.2, 0.25) is 0 Å². The van der Waals surface area contributed by atoms with Gasteiger partial charge in [0, 0.05) is 25.8 Å². The molecule has 0 atom stereocenters. The van der Waals surface area contributed by atoms with Crippen molar-refractivity contribution in [2.24, 2.45) is 5.92 Å². The summed E-state index contributed by atoms with van der Waals surface area (Å²) < 4.78 is 0. The summed E-state index contributed by atoms with van der Waals surface area (Å²) in [7, 11) is 2.09. The molecule has 0 fully saturated rings. The molecule has 102 valence electrons. The molecule has 1 N–H and O–H groups in total. The minimum atomic E-state index is 0.690. The summed E-state index contributed by atoms with van der Waals surface area (Å²) in [6.07, 6.45) is 0.989. The third-order valence-electron chi connectivity index (χ3n) is 3.03. The van der Waals surface area contributed by atoms with Crippen molar-refractivity contribution in [3.05, 3.63) is 23.4 Å². The van der Waals surface area contributed by atoms with E-state index in [1.54, 1.807) is 0 Å². The largest absolute Gasteiger partial charge is 0.360 e. The summed E-state index contributed by atoms with van der Waals surface area (Å²) in [5, 5.41) is 3.49. The van der Waals surface area contributed by atoms with Gasteiger partial charge in [-0.05, 0) is 43.5 Å². The van der Waals surface area contributed by atoms with Gasteiger partial charge in [0.1, 0.15) is 5.82 Å². The van der Waals surface area contributed by atoms with E-state index >= 15 is 0 Å². The summed E-state index contributed by atoms with van der Waals surface area (Å²) >= 11 is 0. The average molecular weight is 249 g/mol. The Morgan fingerprint density at radius 2 is 2.00 bits per heavy atom. The van der Waals surface area contributed by atoms with E-state index in [0.29, 0.717) is 5.92 Å². The first-order valence-corrected chi connectivity index (χ1v) is 6.98. The Kier molecular flexibility index (Phi) is 6.13. The van der Waals surface area contributed by atoms with Crippen LogP contribution < -0.4 is 10.2 Å². The fraction of sp³-hybridized carbons (Fsp3) is 0.667. The van der Waals surface area contributed by atoms with Gasteiger partial charge in [0.2, 0.25) is 0 Å². The van der Waals surface area contributed by atoms with Gasteiger partial charge in [0.25, 0.3) is 0 Å². The van der Waals surface area contributed by atoms with Crippen LogP contribution in [0.1, 0.15) is 39.0 Å². The van der Waals surface area contributed by atoms with E-state index in [9.17, 15) is 0 Å². The standard InChI is InChI=1S/C15H27N3/c1-6-14-8-13(11-16-10-12(3)4)9-15(17-14)18(5)7-2/h8-9,12,16H,6-7,10-11H2,1-5H3. The molecule has 0 aliphatic heterocycles. The number of pyridine rings is 1. The number of hydrogen-bond donors (Lipinski definition) is 1. The van der Waals surface area contributed by atoms with Gasteiger partial charge < -0.3 is 10.2 Å². The average Bonchev–Trinajstić information content (AvgIpc) is 2.36. The number of rotatable bonds is 7. The van der Waals surface area contributed by atoms with Crippen LogP contribution in [0.15, 0.2) is 12.1 Å². The Hall–Kier alpha value is -1.09. The van der Waals surface area contributed by atoms with Crippen LogP contribution in [-0.2, 0) is 13.0 Å². The Balaban J connectivity index is 2.77. The molecule has 1 aromatic heterocycles. The number of nitrogens with zero attached hydrogens (tertiary/aromatic N) is 2. The van der Waals surface area contributed by atoms with Gasteiger partial charge in [-0.15, -0.1) is 0 Å². The molecule has 1 aromatic rings. The van der Waals surface area contributed by atoms with Gasteiger partial charge in [-0.3, -0.25) is 0 Å². The van der Waals surface area contributed by atoms with Gasteiger partial charge >= 0.3 is 0 Å². The topological polar surface area (TPSA) is 28.2 Å². The third kappa shape index (κ3) is 4.65. The summed E-state index contributed by atoms with van der Waals surface area (Å²) in [5.74, 6) is 1.77. The lowest BCUT2D eigenvalue weighted by Crippen LogP contribution is -2.21. The van der Waals surface area contributed by atoms with Crippen LogP contribution >= 0.6 is 0 Å². The summed E-state index contributed by atoms with van der Waals surface area (Å²) in [6, 6.07) is 4.40. The maximum absolute atomic E-state index is 4.66. The summed E-state index contributed by atoms with van der Waals surface area (Å²) in [4.78, 5) is 6.85. The molecule has 0 unspecified atom stereocenters. The van der Waals surface area contributed by atoms with Crippen LogP contribution in [0.3, 0.4) is 0 Å². The molecule has 3 nitrogen and oxygen atoms in total. The van der Waals surface area contributed by atoms with Gasteiger partial charge in [0.15, 0.2) is 0 Å². The van der Waals surface area contributed by atoms with Crippen molar-refractivity contribution in [1.82, 2.24) is 10.3 Å². The van der Waals surface area contributed by atoms with E-state index in [0.717, 1.165) is 31.9 Å². The molecule has 0 aromatic carbocycles. The molecular formula is C15H27N3. The lowest BCUT2D eigenvalue weighted by molar-refractivity contribution is 0.552. The molecule has 0 saturated carbocycles. The predicted octanol–water partition coefficient (Wildman–Crippen LogP) is 2.85. The van der Waals surface area contributed by atoms with Crippen molar-refractivity contribution in [1.29, 1.82) is 0 Å². The SMILES string of the molecule is CCc1cc(CNCC(C)C)cc(N(C)CC)n1. The first-order chi connectivity index (χ1) is 8.56. The molecule has 0 bridgehead atoms. The zero-order valence-electron chi connectivity index (χ0n) is 12.5. The fourth-order valence-corrected chi connectivity index (χ4v) is 1.78. The highest BCUT2D eigenvalue weighted by molar-refractivity contribution is 5.41. The van der Waals surface area contributed by atoms with E-state index in [2.05, 4.69) is 62.1 Å². The number of aromatic nitrogens is 1. The zero-order chi connectivity index (χ0) is 13.5. The third-order valence-corrected chi connectivity index (χ3v) is 3.03. The minimum Gasteiger partial charge on any atom is -0.360 e. The van der Waals surface area contributed by atoms with Gasteiger partial charge in [-0.25, -0.2) is 4.98 Å². The van der Waals surface area contributed by atoms with E-state index in [-0.39, 0.29) is 0 Å². The maximum Gasteiger partial charge on any atom is 0.128 e. The molecule has 0 aliphatic carbocycles. The zero-order valence-corrected chi connectivity index (χ0v) is 12.5. The molecular weight excluding hydrogens is 222 g/mol. The highest BCUT2D eigenvalue weighted by atomic mass is 15.2. The van der Waals surface area contributed by atoms with Gasteiger partial charge in [-0.1, -0.05) is 20.8 Å². The molecule has 0 radical (unpaired) electrons. The van der Waals surface area contributed by atoms with Crippen LogP contribution in [0.25, 0.3) is 0 Å². The van der Waals surface area contributed by atoms with E-state index in [4.69, 9.17) is 0 Å². The monoisotopic (exact) mass is 249 g/mol. The van der Waals surface area contributed by atoms with Crippen LogP contribution in [0, 0.1) is 5.92 Å². The molecule has 3 heteroatoms. The molecule has 18 heavy (non-hydrogen) atoms. The van der Waals surface area contributed by atoms with E-state index in [1.807, 2.05) is 0 Å². The smallest absolute Gasteiger partial charge is 0.128 e. The number of anilines is 1. The Morgan fingerprint density at radius 3 is 2.56 bits per heavy atom. The summed E-state index contributed by atoms with van der Waals surface area (Å²) in [5.41, 5.74) is 2.51. The van der Waals surface area contributed by atoms with Crippen LogP contribution in [0.5, 0.6) is 0 Å². The molecule has 1 rings (SSSR count). The summed E-state index contributed by atoms with van der Waals surface area (Å²) in [6.45, 7) is 11.7. The van der Waals surface area contributed by atoms with Crippen LogP contribution in [0.4, 0.5) is 5.82 Å². The second-order valence-corrected chi connectivity index (χ2v) is 5.22. The first-order valence-electron chi connectivity index (χ1n) is 6.98. The molecule has 0 amide bonds. The quantitative estimate of drug-likeness (QED) is 0.805. The van der Waals surface area contributed by atoms with Crippen molar-refractivity contribution < 1.29 is 0 Å². The lowest BCUT2D eigenvalue weighted by Gasteiger charge is -2.18. The second kappa shape index (κ2) is 7.37. The second-order valence-electron chi connectivity index (χ2n) is 5.22. The highest BCUT2D eigenvalue weighted by Gasteiger charge is 2.05. The molecule has 0 aliphatic rings. The van der Waals surface area contributed by atoms with Crippen molar-refractivity contribution >= 4 is 5.82 Å². The van der Waals surface area contributed by atoms with Crippen molar-refractivity contribution in [3.8, 4) is 0 Å². The normalized spacial score (nSPS) is 11.0. The minimum absolute atomic E-state index is 0.690. The Morgan fingerprint density at radius 1 is 1.28 bits per heavy atom. The molecule has 0 spiro atoms. The molecule has 0 saturated heterocycles. The highest BCUT2D eigenvalue weighted by Crippen LogP contribution is 2.14.